The minimum atomic E-state index is 0.903. The molecule has 2 aromatic heterocycles. The van der Waals surface area contributed by atoms with Crippen molar-refractivity contribution in [2.75, 3.05) is 13.1 Å². The van der Waals surface area contributed by atoms with Crippen molar-refractivity contribution in [3.05, 3.63) is 48.2 Å². The maximum absolute atomic E-state index is 4.24. The number of aryl methyl sites for hydroxylation is 1. The highest BCUT2D eigenvalue weighted by Gasteiger charge is 2.16. The lowest BCUT2D eigenvalue weighted by molar-refractivity contribution is 0.443. The lowest BCUT2D eigenvalue weighted by Crippen LogP contribution is -2.23. The zero-order valence-electron chi connectivity index (χ0n) is 11.2. The number of nitrogens with one attached hydrogen (secondary N) is 1. The number of likely N-dealkylation sites (N-methyl/N-ethyl adjacent to an activating group) is 1. The average Bonchev–Trinajstić information content (AvgIpc) is 3.09. The quantitative estimate of drug-likeness (QED) is 0.911. The van der Waals surface area contributed by atoms with E-state index in [9.17, 15) is 0 Å². The molecule has 0 amide bonds. The Kier molecular flexibility index (Phi) is 2.95. The predicted octanol–water partition coefficient (Wildman–Crippen LogP) is 1.90. The molecule has 5 nitrogen and oxygen atoms in total. The molecule has 0 radical (unpaired) electrons. The van der Waals surface area contributed by atoms with E-state index < -0.39 is 0 Å². The van der Waals surface area contributed by atoms with Gasteiger partial charge in [0, 0.05) is 44.3 Å². The van der Waals surface area contributed by atoms with Gasteiger partial charge in [-0.05, 0) is 30.7 Å². The van der Waals surface area contributed by atoms with Crippen molar-refractivity contribution < 1.29 is 0 Å². The molecule has 1 aliphatic heterocycles. The molecule has 1 aliphatic rings. The third kappa shape index (κ3) is 2.19. The van der Waals surface area contributed by atoms with Crippen LogP contribution in [0, 0.1) is 0 Å². The summed E-state index contributed by atoms with van der Waals surface area (Å²) in [5.74, 6) is 0. The van der Waals surface area contributed by atoms with Gasteiger partial charge in [0.2, 0.25) is 0 Å². The van der Waals surface area contributed by atoms with Crippen LogP contribution in [-0.2, 0) is 7.05 Å². The Morgan fingerprint density at radius 3 is 2.84 bits per heavy atom. The highest BCUT2D eigenvalue weighted by Crippen LogP contribution is 2.26. The summed E-state index contributed by atoms with van der Waals surface area (Å²) >= 11 is 0. The van der Waals surface area contributed by atoms with Crippen molar-refractivity contribution in [3.8, 4) is 0 Å². The Morgan fingerprint density at radius 2 is 2.21 bits per heavy atom. The Hall–Kier alpha value is -2.30. The van der Waals surface area contributed by atoms with Crippen molar-refractivity contribution in [3.63, 3.8) is 0 Å². The van der Waals surface area contributed by atoms with Crippen molar-refractivity contribution in [2.45, 2.75) is 6.92 Å². The Bertz CT molecular complexity index is 618. The van der Waals surface area contributed by atoms with E-state index in [2.05, 4.69) is 39.4 Å². The molecule has 0 saturated heterocycles. The molecule has 0 bridgehead atoms. The van der Waals surface area contributed by atoms with E-state index >= 15 is 0 Å². The summed E-state index contributed by atoms with van der Waals surface area (Å²) in [6.45, 7) is 4.04. The summed E-state index contributed by atoms with van der Waals surface area (Å²) in [7, 11) is 1.96. The second-order valence-corrected chi connectivity index (χ2v) is 4.63. The first-order valence-corrected chi connectivity index (χ1v) is 6.42. The average molecular weight is 255 g/mol. The van der Waals surface area contributed by atoms with Gasteiger partial charge in [0.25, 0.3) is 0 Å². The molecule has 0 aromatic carbocycles. The molecule has 3 heterocycles. The number of allylic oxidation sites excluding steroid dienone is 2. The fourth-order valence-corrected chi connectivity index (χ4v) is 2.33. The molecule has 0 fully saturated rings. The largest absolute Gasteiger partial charge is 0.373 e. The SMILES string of the molecule is CCN1C=C(c2ccnn2C)C=C(c2ccn[nH]2)C1. The normalized spacial score (nSPS) is 15.4. The van der Waals surface area contributed by atoms with Gasteiger partial charge in [0.15, 0.2) is 0 Å². The van der Waals surface area contributed by atoms with Gasteiger partial charge in [0.1, 0.15) is 0 Å². The van der Waals surface area contributed by atoms with Crippen molar-refractivity contribution in [1.82, 2.24) is 24.9 Å². The van der Waals surface area contributed by atoms with Gasteiger partial charge in [-0.2, -0.15) is 10.2 Å². The van der Waals surface area contributed by atoms with E-state index in [-0.39, 0.29) is 0 Å². The number of hydrogen-bond acceptors (Lipinski definition) is 3. The van der Waals surface area contributed by atoms with E-state index in [1.807, 2.05) is 30.1 Å². The van der Waals surface area contributed by atoms with Crippen LogP contribution in [0.4, 0.5) is 0 Å². The molecule has 0 aliphatic carbocycles. The Morgan fingerprint density at radius 1 is 1.32 bits per heavy atom. The van der Waals surface area contributed by atoms with Gasteiger partial charge < -0.3 is 4.90 Å². The minimum absolute atomic E-state index is 0.903. The summed E-state index contributed by atoms with van der Waals surface area (Å²) < 4.78 is 1.89. The molecule has 0 spiro atoms. The van der Waals surface area contributed by atoms with Gasteiger partial charge >= 0.3 is 0 Å². The maximum atomic E-state index is 4.24. The van der Waals surface area contributed by atoms with Crippen LogP contribution in [0.2, 0.25) is 0 Å². The molecule has 0 unspecified atom stereocenters. The zero-order valence-corrected chi connectivity index (χ0v) is 11.2. The van der Waals surface area contributed by atoms with Crippen LogP contribution in [-0.4, -0.2) is 38.0 Å². The second kappa shape index (κ2) is 4.76. The van der Waals surface area contributed by atoms with E-state index in [0.717, 1.165) is 24.5 Å². The van der Waals surface area contributed by atoms with E-state index in [0.29, 0.717) is 0 Å². The highest BCUT2D eigenvalue weighted by atomic mass is 15.3. The van der Waals surface area contributed by atoms with Crippen LogP contribution >= 0.6 is 0 Å². The van der Waals surface area contributed by atoms with Gasteiger partial charge in [-0.25, -0.2) is 0 Å². The molecule has 3 rings (SSSR count). The zero-order chi connectivity index (χ0) is 13.2. The van der Waals surface area contributed by atoms with Gasteiger partial charge in [-0.1, -0.05) is 0 Å². The number of hydrogen-bond donors (Lipinski definition) is 1. The van der Waals surface area contributed by atoms with Crippen LogP contribution in [0.1, 0.15) is 18.3 Å². The van der Waals surface area contributed by atoms with Crippen LogP contribution < -0.4 is 0 Å². The topological polar surface area (TPSA) is 49.7 Å². The predicted molar refractivity (Wildman–Crippen MR) is 75.0 cm³/mol. The van der Waals surface area contributed by atoms with Crippen molar-refractivity contribution >= 4 is 11.1 Å². The van der Waals surface area contributed by atoms with Gasteiger partial charge in [0.05, 0.1) is 11.4 Å². The van der Waals surface area contributed by atoms with E-state index in [1.54, 1.807) is 6.20 Å². The standard InChI is InChI=1S/C14H17N5/c1-3-19-9-11(13-4-6-15-17-13)8-12(10-19)14-5-7-16-18(14)2/h4-8,10H,3,9H2,1-2H3,(H,15,17). The lowest BCUT2D eigenvalue weighted by Gasteiger charge is -2.25. The van der Waals surface area contributed by atoms with Crippen LogP contribution in [0.5, 0.6) is 0 Å². The molecule has 5 heteroatoms. The first kappa shape index (κ1) is 11.8. The molecule has 0 saturated carbocycles. The first-order valence-electron chi connectivity index (χ1n) is 6.42. The number of rotatable bonds is 3. The first-order chi connectivity index (χ1) is 9.28. The summed E-state index contributed by atoms with van der Waals surface area (Å²) in [6.07, 6.45) is 8.01. The van der Waals surface area contributed by atoms with Crippen LogP contribution in [0.15, 0.2) is 36.8 Å². The third-order valence-electron chi connectivity index (χ3n) is 3.39. The molecule has 1 N–H and O–H groups in total. The molecule has 19 heavy (non-hydrogen) atoms. The monoisotopic (exact) mass is 255 g/mol. The second-order valence-electron chi connectivity index (χ2n) is 4.63. The van der Waals surface area contributed by atoms with Crippen molar-refractivity contribution in [1.29, 1.82) is 0 Å². The number of nitrogens with zero attached hydrogens (tertiary/aromatic N) is 4. The molecular formula is C14H17N5. The molecule has 0 atom stereocenters. The summed E-state index contributed by atoms with van der Waals surface area (Å²) in [4.78, 5) is 2.29. The third-order valence-corrected chi connectivity index (χ3v) is 3.39. The van der Waals surface area contributed by atoms with E-state index in [1.165, 1.54) is 11.1 Å². The molecule has 98 valence electrons. The fourth-order valence-electron chi connectivity index (χ4n) is 2.33. The Balaban J connectivity index is 2.02. The summed E-state index contributed by atoms with van der Waals surface area (Å²) in [6, 6.07) is 4.04. The molecule has 2 aromatic rings. The summed E-state index contributed by atoms with van der Waals surface area (Å²) in [5, 5.41) is 11.3. The van der Waals surface area contributed by atoms with Crippen molar-refractivity contribution in [2.24, 2.45) is 7.05 Å². The number of H-pyrrole nitrogens is 1. The van der Waals surface area contributed by atoms with Crippen LogP contribution in [0.3, 0.4) is 0 Å². The summed E-state index contributed by atoms with van der Waals surface area (Å²) in [5.41, 5.74) is 4.62. The number of aromatic amines is 1. The van der Waals surface area contributed by atoms with Gasteiger partial charge in [-0.3, -0.25) is 9.78 Å². The molecular weight excluding hydrogens is 238 g/mol. The Labute approximate surface area is 112 Å². The maximum Gasteiger partial charge on any atom is 0.0693 e. The van der Waals surface area contributed by atoms with Gasteiger partial charge in [-0.15, -0.1) is 0 Å². The minimum Gasteiger partial charge on any atom is -0.373 e. The van der Waals surface area contributed by atoms with E-state index in [4.69, 9.17) is 0 Å². The van der Waals surface area contributed by atoms with Crippen LogP contribution in [0.25, 0.3) is 11.1 Å². The highest BCUT2D eigenvalue weighted by molar-refractivity contribution is 5.84. The fraction of sp³-hybridized carbons (Fsp3) is 0.286. The number of aromatic nitrogens is 4. The lowest BCUT2D eigenvalue weighted by atomic mass is 10.0. The smallest absolute Gasteiger partial charge is 0.0693 e.